The van der Waals surface area contributed by atoms with Crippen LogP contribution in [0.15, 0.2) is 53.3 Å². The van der Waals surface area contributed by atoms with E-state index in [4.69, 9.17) is 11.5 Å². The van der Waals surface area contributed by atoms with Gasteiger partial charge in [0.1, 0.15) is 18.1 Å². The van der Waals surface area contributed by atoms with E-state index in [1.54, 1.807) is 31.2 Å². The molecule has 36 heavy (non-hydrogen) atoms. The quantitative estimate of drug-likeness (QED) is 0.273. The van der Waals surface area contributed by atoms with Crippen molar-refractivity contribution in [3.8, 4) is 22.4 Å². The Hall–Kier alpha value is -4.71. The standard InChI is InChI=1S/C24H20F2N8O2/c1-12-8-14(9-17(11-35)29-12)19-20(13-2-4-15(25)5-3-13)31-23(28)34-22(19)32-33(24(34)36)10-16-6-7-18(26)21(27)30-16/h2-9,35H,10-11H2,1H3,(H4,27,28,29,30,31,32)/p+1. The van der Waals surface area contributed by atoms with Crippen molar-refractivity contribution in [2.24, 2.45) is 0 Å². The molecule has 4 aromatic heterocycles. The van der Waals surface area contributed by atoms with Crippen molar-refractivity contribution in [2.45, 2.75) is 20.1 Å². The highest BCUT2D eigenvalue weighted by molar-refractivity contribution is 5.88. The first kappa shape index (κ1) is 23.1. The number of fused-ring (bicyclic) bond motifs is 1. The lowest BCUT2D eigenvalue weighted by molar-refractivity contribution is -0.516. The smallest absolute Gasteiger partial charge is 0.390 e. The minimum Gasteiger partial charge on any atom is -0.390 e. The van der Waals surface area contributed by atoms with E-state index in [1.165, 1.54) is 33.3 Å². The molecule has 0 radical (unpaired) electrons. The first-order valence-corrected chi connectivity index (χ1v) is 10.8. The number of anilines is 2. The Morgan fingerprint density at radius 2 is 1.75 bits per heavy atom. The largest absolute Gasteiger partial charge is 0.428 e. The molecule has 0 aliphatic rings. The van der Waals surface area contributed by atoms with Gasteiger partial charge in [-0.05, 0) is 61.0 Å². The Morgan fingerprint density at radius 3 is 2.44 bits per heavy atom. The van der Waals surface area contributed by atoms with E-state index < -0.39 is 17.3 Å². The van der Waals surface area contributed by atoms with Crippen LogP contribution in [0, 0.1) is 18.6 Å². The second-order valence-corrected chi connectivity index (χ2v) is 8.18. The molecule has 0 saturated heterocycles. The maximum absolute atomic E-state index is 13.7. The number of benzene rings is 1. The van der Waals surface area contributed by atoms with E-state index in [0.717, 1.165) is 0 Å². The molecule has 12 heteroatoms. The molecular weight excluding hydrogens is 470 g/mol. The normalized spacial score (nSPS) is 11.3. The van der Waals surface area contributed by atoms with Crippen LogP contribution in [-0.4, -0.2) is 29.8 Å². The molecule has 5 aromatic rings. The van der Waals surface area contributed by atoms with E-state index in [9.17, 15) is 18.7 Å². The number of aromatic nitrogens is 6. The van der Waals surface area contributed by atoms with Gasteiger partial charge in [0.15, 0.2) is 11.6 Å². The number of aliphatic hydroxyl groups is 1. The number of pyridine rings is 2. The summed E-state index contributed by atoms with van der Waals surface area (Å²) in [4.78, 5) is 26.1. The van der Waals surface area contributed by atoms with Crippen LogP contribution in [0.25, 0.3) is 28.0 Å². The number of hydrogen-bond donors (Lipinski definition) is 4. The summed E-state index contributed by atoms with van der Waals surface area (Å²) >= 11 is 0. The van der Waals surface area contributed by atoms with Crippen LogP contribution in [0.1, 0.15) is 17.1 Å². The van der Waals surface area contributed by atoms with Crippen molar-refractivity contribution < 1.29 is 18.3 Å². The molecule has 6 N–H and O–H groups in total. The van der Waals surface area contributed by atoms with Gasteiger partial charge in [-0.3, -0.25) is 4.98 Å². The number of aromatic amines is 1. The summed E-state index contributed by atoms with van der Waals surface area (Å²) in [6.45, 7) is 1.43. The van der Waals surface area contributed by atoms with Gasteiger partial charge in [-0.2, -0.15) is 4.68 Å². The number of nitrogens with zero attached hydrogens (tertiary/aromatic N) is 5. The summed E-state index contributed by atoms with van der Waals surface area (Å²) in [5.74, 6) is -1.47. The molecule has 0 aliphatic heterocycles. The van der Waals surface area contributed by atoms with Crippen molar-refractivity contribution in [1.82, 2.24) is 24.7 Å². The Labute approximate surface area is 202 Å². The van der Waals surface area contributed by atoms with Crippen LogP contribution in [-0.2, 0) is 13.2 Å². The van der Waals surface area contributed by atoms with Crippen LogP contribution in [0.4, 0.5) is 20.5 Å². The molecule has 0 fully saturated rings. The van der Waals surface area contributed by atoms with Gasteiger partial charge in [0.25, 0.3) is 0 Å². The molecule has 0 bridgehead atoms. The summed E-state index contributed by atoms with van der Waals surface area (Å²) < 4.78 is 29.7. The maximum Gasteiger partial charge on any atom is 0.428 e. The lowest BCUT2D eigenvalue weighted by atomic mass is 9.99. The zero-order chi connectivity index (χ0) is 25.6. The average molecular weight is 491 g/mol. The number of nitrogens with two attached hydrogens (primary N) is 2. The second kappa shape index (κ2) is 8.82. The van der Waals surface area contributed by atoms with Gasteiger partial charge >= 0.3 is 11.6 Å². The van der Waals surface area contributed by atoms with Gasteiger partial charge < -0.3 is 16.6 Å². The van der Waals surface area contributed by atoms with Crippen LogP contribution >= 0.6 is 0 Å². The molecule has 0 aliphatic carbocycles. The van der Waals surface area contributed by atoms with Gasteiger partial charge in [0, 0.05) is 11.3 Å². The summed E-state index contributed by atoms with van der Waals surface area (Å²) in [5.41, 5.74) is 15.0. The van der Waals surface area contributed by atoms with Gasteiger partial charge in [-0.25, -0.2) is 23.7 Å². The Kier molecular flexibility index (Phi) is 5.65. The highest BCUT2D eigenvalue weighted by Crippen LogP contribution is 2.33. The van der Waals surface area contributed by atoms with Crippen LogP contribution in [0.2, 0.25) is 0 Å². The average Bonchev–Trinajstić information content (AvgIpc) is 3.17. The summed E-state index contributed by atoms with van der Waals surface area (Å²) in [6, 6.07) is 11.7. The molecule has 1 aromatic carbocycles. The number of rotatable bonds is 5. The van der Waals surface area contributed by atoms with Gasteiger partial charge in [-0.15, -0.1) is 9.38 Å². The Balaban J connectivity index is 1.80. The van der Waals surface area contributed by atoms with E-state index in [-0.39, 0.29) is 24.9 Å². The Bertz CT molecular complexity index is 1680. The fourth-order valence-electron chi connectivity index (χ4n) is 4.06. The fourth-order valence-corrected chi connectivity index (χ4v) is 4.06. The molecule has 182 valence electrons. The van der Waals surface area contributed by atoms with Crippen molar-refractivity contribution in [2.75, 3.05) is 11.5 Å². The highest BCUT2D eigenvalue weighted by Gasteiger charge is 2.26. The van der Waals surface area contributed by atoms with Crippen LogP contribution in [0.3, 0.4) is 0 Å². The van der Waals surface area contributed by atoms with Gasteiger partial charge in [-0.1, -0.05) is 0 Å². The number of nitrogens with one attached hydrogen (secondary N) is 1. The number of halogens is 2. The fraction of sp³-hybridized carbons (Fsp3) is 0.125. The summed E-state index contributed by atoms with van der Waals surface area (Å²) in [5, 5.41) is 12.8. The number of H-pyrrole nitrogens is 1. The number of aryl methyl sites for hydroxylation is 1. The van der Waals surface area contributed by atoms with Crippen molar-refractivity contribution in [3.63, 3.8) is 0 Å². The summed E-state index contributed by atoms with van der Waals surface area (Å²) in [6.07, 6.45) is 0. The third kappa shape index (κ3) is 4.03. The lowest BCUT2D eigenvalue weighted by Gasteiger charge is -2.10. The molecule has 10 nitrogen and oxygen atoms in total. The second-order valence-electron chi connectivity index (χ2n) is 8.18. The van der Waals surface area contributed by atoms with Gasteiger partial charge in [0.2, 0.25) is 5.65 Å². The molecule has 0 amide bonds. The minimum atomic E-state index is -0.662. The summed E-state index contributed by atoms with van der Waals surface area (Å²) in [7, 11) is 0. The van der Waals surface area contributed by atoms with Crippen molar-refractivity contribution >= 4 is 17.4 Å². The predicted molar refractivity (Wildman–Crippen MR) is 127 cm³/mol. The lowest BCUT2D eigenvalue weighted by Crippen LogP contribution is -2.44. The molecule has 5 rings (SSSR count). The molecule has 4 heterocycles. The third-order valence-electron chi connectivity index (χ3n) is 5.64. The molecule has 0 saturated carbocycles. The monoisotopic (exact) mass is 491 g/mol. The topological polar surface area (TPSA) is 153 Å². The zero-order valence-corrected chi connectivity index (χ0v) is 19.0. The Morgan fingerprint density at radius 1 is 1.00 bits per heavy atom. The van der Waals surface area contributed by atoms with E-state index in [2.05, 4.69) is 20.1 Å². The number of hydrogen-bond acceptors (Lipinski definition) is 7. The molecule has 0 atom stereocenters. The molecular formula is C24H21F2N8O2+. The highest BCUT2D eigenvalue weighted by atomic mass is 19.1. The predicted octanol–water partition coefficient (Wildman–Crippen LogP) is 1.73. The van der Waals surface area contributed by atoms with E-state index >= 15 is 0 Å². The SMILES string of the molecule is Cc1cc(-c2c(-c3ccc(F)cc3)nc(N)[n+]3c(=O)n(Cc4ccc(F)c(N)n4)[nH]c23)cc(CO)n1. The maximum atomic E-state index is 13.7. The molecule has 0 unspecified atom stereocenters. The first-order valence-electron chi connectivity index (χ1n) is 10.8. The number of aliphatic hydroxyl groups excluding tert-OH is 1. The van der Waals surface area contributed by atoms with Gasteiger partial charge in [0.05, 0.1) is 23.6 Å². The van der Waals surface area contributed by atoms with E-state index in [0.29, 0.717) is 45.1 Å². The third-order valence-corrected chi connectivity index (χ3v) is 5.64. The zero-order valence-electron chi connectivity index (χ0n) is 19.0. The van der Waals surface area contributed by atoms with E-state index in [1.807, 2.05) is 0 Å². The van der Waals surface area contributed by atoms with Crippen molar-refractivity contribution in [1.29, 1.82) is 0 Å². The van der Waals surface area contributed by atoms with Crippen molar-refractivity contribution in [3.05, 3.63) is 87.7 Å². The first-order chi connectivity index (χ1) is 17.2. The van der Waals surface area contributed by atoms with Crippen LogP contribution < -0.4 is 21.6 Å². The van der Waals surface area contributed by atoms with Crippen LogP contribution in [0.5, 0.6) is 0 Å². The number of nitrogen functional groups attached to an aromatic ring is 2. The minimum absolute atomic E-state index is 0.0486. The molecule has 0 spiro atoms.